The first-order chi connectivity index (χ1) is 15.4. The molecule has 0 bridgehead atoms. The predicted molar refractivity (Wildman–Crippen MR) is 129 cm³/mol. The summed E-state index contributed by atoms with van der Waals surface area (Å²) < 4.78 is 25.1. The highest BCUT2D eigenvalue weighted by Gasteiger charge is 2.32. The summed E-state index contributed by atoms with van der Waals surface area (Å²) in [4.78, 5) is 20.1. The first-order valence-corrected chi connectivity index (χ1v) is 13.5. The van der Waals surface area contributed by atoms with Crippen molar-refractivity contribution in [3.8, 4) is 11.3 Å². The van der Waals surface area contributed by atoms with Crippen molar-refractivity contribution < 1.29 is 13.2 Å². The van der Waals surface area contributed by atoms with E-state index in [9.17, 15) is 13.2 Å². The van der Waals surface area contributed by atoms with Crippen LogP contribution in [0, 0.1) is 5.92 Å². The molecule has 1 aliphatic heterocycles. The first kappa shape index (κ1) is 22.6. The molecule has 0 unspecified atom stereocenters. The number of thiazole rings is 1. The number of piperidine rings is 1. The average Bonchev–Trinajstić information content (AvgIpc) is 3.30. The molecule has 1 aliphatic rings. The molecule has 2 heterocycles. The number of carbonyl (C=O) groups excluding carboxylic acids is 1. The number of sulfonamides is 1. The number of hydrogen-bond donors (Lipinski definition) is 0. The molecule has 0 spiro atoms. The van der Waals surface area contributed by atoms with Gasteiger partial charge in [0.15, 0.2) is 5.13 Å². The largest absolute Gasteiger partial charge is 0.288 e. The SMILES string of the molecule is CS(=O)(=O)N1CCC(C(=O)N(CCc2ccccc2)c2nc(-c3ccccc3)cs2)CC1. The zero-order valence-corrected chi connectivity index (χ0v) is 19.7. The second-order valence-electron chi connectivity index (χ2n) is 8.04. The van der Waals surface area contributed by atoms with E-state index in [-0.39, 0.29) is 11.8 Å². The molecular weight excluding hydrogens is 442 g/mol. The van der Waals surface area contributed by atoms with Gasteiger partial charge in [0.25, 0.3) is 0 Å². The predicted octanol–water partition coefficient (Wildman–Crippen LogP) is 4.06. The average molecular weight is 470 g/mol. The van der Waals surface area contributed by atoms with E-state index in [2.05, 4.69) is 12.1 Å². The Kier molecular flexibility index (Phi) is 7.03. The van der Waals surface area contributed by atoms with Crippen LogP contribution in [0.2, 0.25) is 0 Å². The lowest BCUT2D eigenvalue weighted by Crippen LogP contribution is -2.44. The lowest BCUT2D eigenvalue weighted by atomic mass is 9.96. The maximum Gasteiger partial charge on any atom is 0.231 e. The van der Waals surface area contributed by atoms with Crippen molar-refractivity contribution in [1.29, 1.82) is 0 Å². The van der Waals surface area contributed by atoms with Crippen LogP contribution in [-0.4, -0.2) is 49.5 Å². The molecule has 1 aromatic heterocycles. The van der Waals surface area contributed by atoms with E-state index in [4.69, 9.17) is 4.98 Å². The normalized spacial score (nSPS) is 15.5. The summed E-state index contributed by atoms with van der Waals surface area (Å²) in [6, 6.07) is 20.0. The van der Waals surface area contributed by atoms with E-state index in [1.165, 1.54) is 21.9 Å². The number of amides is 1. The summed E-state index contributed by atoms with van der Waals surface area (Å²) in [5.74, 6) is -0.170. The summed E-state index contributed by atoms with van der Waals surface area (Å²) in [6.07, 6.45) is 3.02. The zero-order chi connectivity index (χ0) is 22.6. The maximum absolute atomic E-state index is 13.5. The van der Waals surface area contributed by atoms with E-state index in [1.807, 2.05) is 53.9 Å². The van der Waals surface area contributed by atoms with Crippen LogP contribution in [0.5, 0.6) is 0 Å². The van der Waals surface area contributed by atoms with Crippen molar-refractivity contribution in [3.05, 3.63) is 71.6 Å². The lowest BCUT2D eigenvalue weighted by molar-refractivity contribution is -0.123. The summed E-state index contributed by atoms with van der Waals surface area (Å²) >= 11 is 1.47. The number of benzene rings is 2. The number of carbonyl (C=O) groups is 1. The summed E-state index contributed by atoms with van der Waals surface area (Å²) in [5.41, 5.74) is 3.04. The first-order valence-electron chi connectivity index (χ1n) is 10.7. The number of anilines is 1. The third kappa shape index (κ3) is 5.43. The Balaban J connectivity index is 1.54. The molecule has 32 heavy (non-hydrogen) atoms. The lowest BCUT2D eigenvalue weighted by Gasteiger charge is -2.32. The Morgan fingerprint density at radius 3 is 2.31 bits per heavy atom. The minimum atomic E-state index is -3.22. The van der Waals surface area contributed by atoms with Gasteiger partial charge in [-0.2, -0.15) is 0 Å². The Bertz CT molecular complexity index is 1140. The van der Waals surface area contributed by atoms with Gasteiger partial charge in [0, 0.05) is 36.5 Å². The summed E-state index contributed by atoms with van der Waals surface area (Å²) in [6.45, 7) is 1.31. The molecule has 4 rings (SSSR count). The van der Waals surface area contributed by atoms with Crippen molar-refractivity contribution in [2.24, 2.45) is 5.92 Å². The fourth-order valence-electron chi connectivity index (χ4n) is 3.97. The van der Waals surface area contributed by atoms with Gasteiger partial charge in [-0.3, -0.25) is 9.69 Å². The highest BCUT2D eigenvalue weighted by molar-refractivity contribution is 7.88. The van der Waals surface area contributed by atoms with E-state index in [0.29, 0.717) is 37.6 Å². The second kappa shape index (κ2) is 9.94. The number of hydrogen-bond acceptors (Lipinski definition) is 5. The van der Waals surface area contributed by atoms with Crippen molar-refractivity contribution in [3.63, 3.8) is 0 Å². The number of aromatic nitrogens is 1. The van der Waals surface area contributed by atoms with Crippen LogP contribution in [0.3, 0.4) is 0 Å². The molecule has 168 valence electrons. The second-order valence-corrected chi connectivity index (χ2v) is 10.9. The van der Waals surface area contributed by atoms with Crippen molar-refractivity contribution in [2.75, 3.05) is 30.8 Å². The van der Waals surface area contributed by atoms with Crippen molar-refractivity contribution >= 4 is 32.4 Å². The standard InChI is InChI=1S/C24H27N3O3S2/c1-32(29,30)26-15-13-21(14-16-26)23(28)27(17-12-19-8-4-2-5-9-19)24-25-22(18-31-24)20-10-6-3-7-11-20/h2-11,18,21H,12-17H2,1H3. The number of rotatable bonds is 7. The monoisotopic (exact) mass is 469 g/mol. The molecule has 1 fully saturated rings. The molecule has 0 atom stereocenters. The quantitative estimate of drug-likeness (QED) is 0.523. The molecule has 2 aromatic carbocycles. The van der Waals surface area contributed by atoms with Crippen LogP contribution < -0.4 is 4.90 Å². The Labute approximate surface area is 193 Å². The van der Waals surface area contributed by atoms with Crippen LogP contribution in [0.4, 0.5) is 5.13 Å². The van der Waals surface area contributed by atoms with E-state index < -0.39 is 10.0 Å². The van der Waals surface area contributed by atoms with Crippen LogP contribution in [0.25, 0.3) is 11.3 Å². The Morgan fingerprint density at radius 1 is 1.06 bits per heavy atom. The van der Waals surface area contributed by atoms with Gasteiger partial charge in [-0.25, -0.2) is 17.7 Å². The van der Waals surface area contributed by atoms with Gasteiger partial charge in [0.05, 0.1) is 11.9 Å². The van der Waals surface area contributed by atoms with E-state index >= 15 is 0 Å². The smallest absolute Gasteiger partial charge is 0.231 e. The van der Waals surface area contributed by atoms with Crippen LogP contribution >= 0.6 is 11.3 Å². The minimum absolute atomic E-state index is 0.0306. The molecule has 1 saturated heterocycles. The third-order valence-electron chi connectivity index (χ3n) is 5.80. The van der Waals surface area contributed by atoms with Gasteiger partial charge in [-0.15, -0.1) is 11.3 Å². The van der Waals surface area contributed by atoms with Crippen molar-refractivity contribution in [2.45, 2.75) is 19.3 Å². The van der Waals surface area contributed by atoms with Crippen LogP contribution in [0.1, 0.15) is 18.4 Å². The number of nitrogens with zero attached hydrogens (tertiary/aromatic N) is 3. The minimum Gasteiger partial charge on any atom is -0.288 e. The Morgan fingerprint density at radius 2 is 1.69 bits per heavy atom. The van der Waals surface area contributed by atoms with Crippen LogP contribution in [0.15, 0.2) is 66.0 Å². The molecule has 6 nitrogen and oxygen atoms in total. The summed E-state index contributed by atoms with van der Waals surface area (Å²) in [7, 11) is -3.22. The van der Waals surface area contributed by atoms with Gasteiger partial charge in [-0.05, 0) is 24.8 Å². The molecule has 0 aliphatic carbocycles. The van der Waals surface area contributed by atoms with Gasteiger partial charge in [-0.1, -0.05) is 60.7 Å². The fourth-order valence-corrected chi connectivity index (χ4v) is 5.71. The zero-order valence-electron chi connectivity index (χ0n) is 18.1. The molecule has 0 radical (unpaired) electrons. The highest BCUT2D eigenvalue weighted by Crippen LogP contribution is 2.30. The molecule has 1 amide bonds. The van der Waals surface area contributed by atoms with E-state index in [1.54, 1.807) is 4.90 Å². The molecule has 3 aromatic rings. The fraction of sp³-hybridized carbons (Fsp3) is 0.333. The maximum atomic E-state index is 13.5. The van der Waals surface area contributed by atoms with Gasteiger partial charge < -0.3 is 0 Å². The molecular formula is C24H27N3O3S2. The molecule has 0 saturated carbocycles. The highest BCUT2D eigenvalue weighted by atomic mass is 32.2. The molecule has 0 N–H and O–H groups in total. The van der Waals surface area contributed by atoms with E-state index in [0.717, 1.165) is 23.2 Å². The van der Waals surface area contributed by atoms with Gasteiger partial charge in [0.1, 0.15) is 0 Å². The van der Waals surface area contributed by atoms with Gasteiger partial charge in [0.2, 0.25) is 15.9 Å². The Hall–Kier alpha value is -2.55. The van der Waals surface area contributed by atoms with Crippen molar-refractivity contribution in [1.82, 2.24) is 9.29 Å². The topological polar surface area (TPSA) is 70.6 Å². The summed E-state index contributed by atoms with van der Waals surface area (Å²) in [5, 5.41) is 2.68. The van der Waals surface area contributed by atoms with Gasteiger partial charge >= 0.3 is 0 Å². The van der Waals surface area contributed by atoms with Crippen LogP contribution in [-0.2, 0) is 21.2 Å². The molecule has 8 heteroatoms. The third-order valence-corrected chi connectivity index (χ3v) is 7.96.